The van der Waals surface area contributed by atoms with E-state index in [0.29, 0.717) is 10.9 Å². The average Bonchev–Trinajstić information content (AvgIpc) is 2.87. The molecule has 1 aliphatic heterocycles. The number of hydrogen-bond acceptors (Lipinski definition) is 5. The fourth-order valence-corrected chi connectivity index (χ4v) is 2.95. The van der Waals surface area contributed by atoms with Crippen LogP contribution in [0.2, 0.25) is 0 Å². The zero-order chi connectivity index (χ0) is 16.3. The molecule has 0 aromatic heterocycles. The number of hydrogen-bond donors (Lipinski definition) is 2. The van der Waals surface area contributed by atoms with Crippen LogP contribution in [0.4, 0.5) is 0 Å². The van der Waals surface area contributed by atoms with Crippen molar-refractivity contribution in [3.05, 3.63) is 22.2 Å². The molecule has 0 bridgehead atoms. The Labute approximate surface area is 137 Å². The summed E-state index contributed by atoms with van der Waals surface area (Å²) in [5, 5.41) is 12.8. The number of phenolic OH excluding ortho intramolecular Hbond substituents is 1. The minimum absolute atomic E-state index is 0.0605. The van der Waals surface area contributed by atoms with E-state index in [-0.39, 0.29) is 35.4 Å². The Morgan fingerprint density at radius 1 is 1.55 bits per heavy atom. The fraction of sp³-hybridized carbons (Fsp3) is 0.467. The number of likely N-dealkylation sites (N-methyl/N-ethyl adjacent to an activating group) is 1. The molecular formula is C15H19BrN2O4. The van der Waals surface area contributed by atoms with Crippen LogP contribution in [0, 0.1) is 0 Å². The normalized spacial score (nSPS) is 18.5. The number of methoxy groups -OCH3 is 1. The molecule has 22 heavy (non-hydrogen) atoms. The maximum Gasteiger partial charge on any atom is 0.258 e. The van der Waals surface area contributed by atoms with Crippen LogP contribution in [-0.4, -0.2) is 54.5 Å². The van der Waals surface area contributed by atoms with Crippen LogP contribution in [0.3, 0.4) is 0 Å². The highest BCUT2D eigenvalue weighted by molar-refractivity contribution is 9.10. The topological polar surface area (TPSA) is 78.9 Å². The van der Waals surface area contributed by atoms with Crippen molar-refractivity contribution < 1.29 is 19.4 Å². The van der Waals surface area contributed by atoms with Crippen molar-refractivity contribution in [2.75, 3.05) is 26.7 Å². The molecular weight excluding hydrogens is 352 g/mol. The first-order valence-electron chi connectivity index (χ1n) is 7.10. The van der Waals surface area contributed by atoms with E-state index in [2.05, 4.69) is 21.2 Å². The number of carbonyl (C=O) groups is 2. The van der Waals surface area contributed by atoms with E-state index in [0.717, 1.165) is 13.1 Å². The molecule has 7 heteroatoms. The lowest BCUT2D eigenvalue weighted by Gasteiger charge is -2.22. The predicted octanol–water partition coefficient (Wildman–Crippen LogP) is 1.56. The van der Waals surface area contributed by atoms with Crippen molar-refractivity contribution in [1.29, 1.82) is 0 Å². The van der Waals surface area contributed by atoms with Gasteiger partial charge >= 0.3 is 0 Å². The van der Waals surface area contributed by atoms with Gasteiger partial charge in [0.05, 0.1) is 17.6 Å². The van der Waals surface area contributed by atoms with Crippen LogP contribution in [0.5, 0.6) is 11.5 Å². The molecule has 2 rings (SSSR count). The first-order valence-corrected chi connectivity index (χ1v) is 7.89. The Kier molecular flexibility index (Phi) is 5.42. The van der Waals surface area contributed by atoms with Crippen molar-refractivity contribution >= 4 is 27.6 Å². The van der Waals surface area contributed by atoms with Crippen molar-refractivity contribution in [2.24, 2.45) is 0 Å². The molecule has 1 heterocycles. The number of likely N-dealkylation sites (tertiary alicyclic amines) is 1. The summed E-state index contributed by atoms with van der Waals surface area (Å²) in [6.45, 7) is 3.69. The summed E-state index contributed by atoms with van der Waals surface area (Å²) in [7, 11) is 1.43. The molecule has 1 aromatic carbocycles. The monoisotopic (exact) mass is 370 g/mol. The highest BCUT2D eigenvalue weighted by atomic mass is 79.9. The molecule has 0 radical (unpaired) electrons. The largest absolute Gasteiger partial charge is 0.506 e. The van der Waals surface area contributed by atoms with Crippen molar-refractivity contribution in [3.8, 4) is 11.5 Å². The molecule has 0 spiro atoms. The maximum atomic E-state index is 12.4. The molecule has 1 amide bonds. The quantitative estimate of drug-likeness (QED) is 0.821. The Balaban J connectivity index is 2.13. The van der Waals surface area contributed by atoms with E-state index in [1.807, 2.05) is 11.8 Å². The number of aromatic hydroxyl groups is 1. The molecule has 1 atom stereocenters. The first-order chi connectivity index (χ1) is 10.5. The van der Waals surface area contributed by atoms with Crippen LogP contribution < -0.4 is 10.1 Å². The van der Waals surface area contributed by atoms with Gasteiger partial charge in [0.25, 0.3) is 5.91 Å². The van der Waals surface area contributed by atoms with Gasteiger partial charge in [-0.1, -0.05) is 6.92 Å². The van der Waals surface area contributed by atoms with Crippen LogP contribution in [-0.2, 0) is 4.79 Å². The minimum Gasteiger partial charge on any atom is -0.506 e. The van der Waals surface area contributed by atoms with Gasteiger partial charge in [0.2, 0.25) is 0 Å². The van der Waals surface area contributed by atoms with E-state index in [4.69, 9.17) is 4.74 Å². The van der Waals surface area contributed by atoms with Crippen LogP contribution in [0.25, 0.3) is 0 Å². The number of ketones is 1. The third-order valence-corrected chi connectivity index (χ3v) is 4.50. The molecule has 1 saturated heterocycles. The number of amides is 1. The Bertz CT molecular complexity index is 591. The number of carbonyl (C=O) groups excluding carboxylic acids is 2. The lowest BCUT2D eigenvalue weighted by Crippen LogP contribution is -2.43. The Morgan fingerprint density at radius 2 is 2.27 bits per heavy atom. The first kappa shape index (κ1) is 16.8. The van der Waals surface area contributed by atoms with E-state index < -0.39 is 5.91 Å². The van der Waals surface area contributed by atoms with Gasteiger partial charge in [0, 0.05) is 19.5 Å². The molecule has 1 aromatic rings. The number of rotatable bonds is 5. The van der Waals surface area contributed by atoms with Gasteiger partial charge in [-0.3, -0.25) is 14.5 Å². The summed E-state index contributed by atoms with van der Waals surface area (Å²) >= 11 is 3.18. The van der Waals surface area contributed by atoms with Gasteiger partial charge < -0.3 is 15.2 Å². The summed E-state index contributed by atoms with van der Waals surface area (Å²) < 4.78 is 5.53. The summed E-state index contributed by atoms with van der Waals surface area (Å²) in [6, 6.07) is 2.90. The standard InChI is InChI=1S/C15H19BrN2O4/c1-3-18-7-6-11(19)10(18)8-17-15(21)13-12(22-2)5-4-9(16)14(13)20/h4-5,10,20H,3,6-8H2,1-2H3,(H,17,21). The maximum absolute atomic E-state index is 12.4. The van der Waals surface area contributed by atoms with E-state index in [1.165, 1.54) is 7.11 Å². The lowest BCUT2D eigenvalue weighted by atomic mass is 10.1. The lowest BCUT2D eigenvalue weighted by molar-refractivity contribution is -0.119. The molecule has 0 aliphatic carbocycles. The summed E-state index contributed by atoms with van der Waals surface area (Å²) in [6.07, 6.45) is 0.514. The van der Waals surface area contributed by atoms with Gasteiger partial charge in [0.1, 0.15) is 17.1 Å². The van der Waals surface area contributed by atoms with Crippen molar-refractivity contribution in [1.82, 2.24) is 10.2 Å². The SMILES string of the molecule is CCN1CCC(=O)C1CNC(=O)c1c(OC)ccc(Br)c1O. The van der Waals surface area contributed by atoms with Crippen LogP contribution in [0.1, 0.15) is 23.7 Å². The highest BCUT2D eigenvalue weighted by Crippen LogP contribution is 2.34. The number of halogens is 1. The molecule has 120 valence electrons. The molecule has 6 nitrogen and oxygen atoms in total. The highest BCUT2D eigenvalue weighted by Gasteiger charge is 2.31. The third-order valence-electron chi connectivity index (χ3n) is 3.86. The zero-order valence-electron chi connectivity index (χ0n) is 12.6. The minimum atomic E-state index is -0.466. The van der Waals surface area contributed by atoms with Gasteiger partial charge in [0.15, 0.2) is 5.78 Å². The Morgan fingerprint density at radius 3 is 2.91 bits per heavy atom. The van der Waals surface area contributed by atoms with E-state index in [9.17, 15) is 14.7 Å². The summed E-state index contributed by atoms with van der Waals surface area (Å²) in [5.41, 5.74) is 0.0605. The second-order valence-corrected chi connectivity index (χ2v) is 5.90. The second kappa shape index (κ2) is 7.11. The van der Waals surface area contributed by atoms with Gasteiger partial charge in [-0.25, -0.2) is 0 Å². The van der Waals surface area contributed by atoms with Crippen LogP contribution >= 0.6 is 15.9 Å². The smallest absolute Gasteiger partial charge is 0.258 e. The molecule has 1 aliphatic rings. The fourth-order valence-electron chi connectivity index (χ4n) is 2.62. The number of nitrogens with one attached hydrogen (secondary N) is 1. The number of ether oxygens (including phenoxy) is 1. The van der Waals surface area contributed by atoms with Crippen molar-refractivity contribution in [2.45, 2.75) is 19.4 Å². The number of nitrogens with zero attached hydrogens (tertiary/aromatic N) is 1. The molecule has 2 N–H and O–H groups in total. The van der Waals surface area contributed by atoms with Gasteiger partial charge in [-0.15, -0.1) is 0 Å². The number of benzene rings is 1. The Hall–Kier alpha value is -1.60. The number of Topliss-reactive ketones (excluding diaryl/α,β-unsaturated/α-hetero) is 1. The third kappa shape index (κ3) is 3.25. The average molecular weight is 371 g/mol. The van der Waals surface area contributed by atoms with Crippen molar-refractivity contribution in [3.63, 3.8) is 0 Å². The summed E-state index contributed by atoms with van der Waals surface area (Å²) in [5.74, 6) is -0.232. The van der Waals surface area contributed by atoms with Crippen LogP contribution in [0.15, 0.2) is 16.6 Å². The molecule has 0 saturated carbocycles. The van der Waals surface area contributed by atoms with Gasteiger partial charge in [-0.05, 0) is 34.6 Å². The number of phenols is 1. The summed E-state index contributed by atoms with van der Waals surface area (Å²) in [4.78, 5) is 26.2. The second-order valence-electron chi connectivity index (χ2n) is 5.04. The van der Waals surface area contributed by atoms with E-state index in [1.54, 1.807) is 12.1 Å². The van der Waals surface area contributed by atoms with E-state index >= 15 is 0 Å². The predicted molar refractivity (Wildman–Crippen MR) is 85.4 cm³/mol. The zero-order valence-corrected chi connectivity index (χ0v) is 14.1. The van der Waals surface area contributed by atoms with Gasteiger partial charge in [-0.2, -0.15) is 0 Å². The molecule has 1 fully saturated rings. The molecule has 1 unspecified atom stereocenters.